The van der Waals surface area contributed by atoms with Gasteiger partial charge in [0.25, 0.3) is 0 Å². The highest BCUT2D eigenvalue weighted by Crippen LogP contribution is 2.22. The normalized spacial score (nSPS) is 14.7. The molecular formula is C17H28ClN3O2. The van der Waals surface area contributed by atoms with Gasteiger partial charge in [-0.3, -0.25) is 9.48 Å². The predicted octanol–water partition coefficient (Wildman–Crippen LogP) is 3.04. The Kier molecular flexibility index (Phi) is 6.84. The molecule has 1 atom stereocenters. The van der Waals surface area contributed by atoms with Crippen LogP contribution >= 0.6 is 11.6 Å². The Morgan fingerprint density at radius 2 is 2.04 bits per heavy atom. The van der Waals surface area contributed by atoms with Gasteiger partial charge in [-0.25, -0.2) is 0 Å². The molecule has 0 spiro atoms. The van der Waals surface area contributed by atoms with E-state index in [1.54, 1.807) is 17.7 Å². The van der Waals surface area contributed by atoms with E-state index >= 15 is 0 Å². The molecule has 0 aromatic carbocycles. The summed E-state index contributed by atoms with van der Waals surface area (Å²) in [5.41, 5.74) is 0.603. The zero-order valence-corrected chi connectivity index (χ0v) is 15.6. The second-order valence-electron chi connectivity index (χ2n) is 6.93. The number of amides is 1. The average Bonchev–Trinajstić information content (AvgIpc) is 2.68. The molecule has 2 N–H and O–H groups in total. The molecule has 1 unspecified atom stereocenters. The van der Waals surface area contributed by atoms with E-state index < -0.39 is 5.60 Å². The van der Waals surface area contributed by atoms with Gasteiger partial charge in [0, 0.05) is 24.7 Å². The van der Waals surface area contributed by atoms with Gasteiger partial charge in [0.05, 0.1) is 11.3 Å². The van der Waals surface area contributed by atoms with Crippen LogP contribution in [0.5, 0.6) is 0 Å². The van der Waals surface area contributed by atoms with Gasteiger partial charge in [0.15, 0.2) is 0 Å². The fourth-order valence-corrected chi connectivity index (χ4v) is 2.22. The number of carbonyl (C=O) groups excluding carboxylic acids is 1. The van der Waals surface area contributed by atoms with Crippen molar-refractivity contribution in [3.8, 4) is 0 Å². The molecule has 0 bridgehead atoms. The van der Waals surface area contributed by atoms with E-state index in [2.05, 4.69) is 24.3 Å². The Bertz CT molecular complexity index is 575. The number of nitrogens with one attached hydrogen (secondary N) is 1. The monoisotopic (exact) mass is 341 g/mol. The Hall–Kier alpha value is -1.33. The molecule has 0 aliphatic rings. The predicted molar refractivity (Wildman–Crippen MR) is 94.3 cm³/mol. The molecule has 0 radical (unpaired) electrons. The molecule has 5 nitrogen and oxygen atoms in total. The van der Waals surface area contributed by atoms with Crippen LogP contribution in [0.3, 0.4) is 0 Å². The van der Waals surface area contributed by atoms with E-state index in [-0.39, 0.29) is 18.4 Å². The molecule has 0 aliphatic carbocycles. The lowest BCUT2D eigenvalue weighted by Crippen LogP contribution is -2.43. The largest absolute Gasteiger partial charge is 0.388 e. The Morgan fingerprint density at radius 1 is 1.43 bits per heavy atom. The van der Waals surface area contributed by atoms with Gasteiger partial charge in [-0.15, -0.1) is 0 Å². The molecule has 130 valence electrons. The molecule has 23 heavy (non-hydrogen) atoms. The van der Waals surface area contributed by atoms with Crippen molar-refractivity contribution in [1.29, 1.82) is 0 Å². The molecule has 0 fully saturated rings. The Labute approximate surface area is 143 Å². The van der Waals surface area contributed by atoms with Crippen LogP contribution in [0.25, 0.3) is 6.08 Å². The number of aromatic nitrogens is 2. The molecular weight excluding hydrogens is 314 g/mol. The summed E-state index contributed by atoms with van der Waals surface area (Å²) in [7, 11) is 0. The maximum absolute atomic E-state index is 11.9. The van der Waals surface area contributed by atoms with Crippen LogP contribution < -0.4 is 5.32 Å². The standard InChI is InChI=1S/C17H28ClN3O2/c1-11(2)9-21-16(18)14(13(5)20-21)7-8-15(22)19-10-17(6,23)12(3)4/h7-8,11-12,23H,9-10H2,1-6H3,(H,19,22). The highest BCUT2D eigenvalue weighted by Gasteiger charge is 2.24. The summed E-state index contributed by atoms with van der Waals surface area (Å²) in [6.07, 6.45) is 3.09. The topological polar surface area (TPSA) is 67.2 Å². The number of hydrogen-bond acceptors (Lipinski definition) is 3. The summed E-state index contributed by atoms with van der Waals surface area (Å²) < 4.78 is 1.75. The number of rotatable bonds is 7. The van der Waals surface area contributed by atoms with Crippen LogP contribution in [-0.2, 0) is 11.3 Å². The lowest BCUT2D eigenvalue weighted by atomic mass is 9.92. The highest BCUT2D eigenvalue weighted by atomic mass is 35.5. The smallest absolute Gasteiger partial charge is 0.244 e. The first-order chi connectivity index (χ1) is 10.5. The SMILES string of the molecule is Cc1nn(CC(C)C)c(Cl)c1C=CC(=O)NCC(C)(O)C(C)C. The van der Waals surface area contributed by atoms with Crippen LogP contribution in [0.1, 0.15) is 45.9 Å². The molecule has 0 saturated heterocycles. The van der Waals surface area contributed by atoms with E-state index in [4.69, 9.17) is 11.6 Å². The minimum atomic E-state index is -0.931. The first-order valence-corrected chi connectivity index (χ1v) is 8.33. The first kappa shape index (κ1) is 19.7. The number of aliphatic hydroxyl groups is 1. The van der Waals surface area contributed by atoms with Crippen molar-refractivity contribution in [3.05, 3.63) is 22.5 Å². The summed E-state index contributed by atoms with van der Waals surface area (Å²) in [5.74, 6) is 0.223. The van der Waals surface area contributed by atoms with Gasteiger partial charge in [0.1, 0.15) is 5.15 Å². The van der Waals surface area contributed by atoms with Gasteiger partial charge >= 0.3 is 0 Å². The molecule has 1 rings (SSSR count). The van der Waals surface area contributed by atoms with Gasteiger partial charge in [0.2, 0.25) is 5.91 Å². The molecule has 0 saturated carbocycles. The summed E-state index contributed by atoms with van der Waals surface area (Å²) in [6.45, 7) is 12.5. The zero-order valence-electron chi connectivity index (χ0n) is 14.9. The molecule has 6 heteroatoms. The van der Waals surface area contributed by atoms with Gasteiger partial charge < -0.3 is 10.4 Å². The third kappa shape index (κ3) is 5.66. The van der Waals surface area contributed by atoms with E-state index in [9.17, 15) is 9.90 Å². The van der Waals surface area contributed by atoms with Crippen molar-refractivity contribution in [3.63, 3.8) is 0 Å². The highest BCUT2D eigenvalue weighted by molar-refractivity contribution is 6.31. The second kappa shape index (κ2) is 7.97. The lowest BCUT2D eigenvalue weighted by molar-refractivity contribution is -0.118. The zero-order chi connectivity index (χ0) is 17.8. The van der Waals surface area contributed by atoms with Crippen molar-refractivity contribution in [2.75, 3.05) is 6.54 Å². The lowest BCUT2D eigenvalue weighted by Gasteiger charge is -2.27. The molecule has 1 aromatic heterocycles. The summed E-state index contributed by atoms with van der Waals surface area (Å²) >= 11 is 6.33. The van der Waals surface area contributed by atoms with Crippen molar-refractivity contribution < 1.29 is 9.90 Å². The number of hydrogen-bond donors (Lipinski definition) is 2. The van der Waals surface area contributed by atoms with E-state index in [0.29, 0.717) is 11.1 Å². The van der Waals surface area contributed by atoms with Crippen molar-refractivity contribution in [2.45, 2.75) is 53.7 Å². The maximum atomic E-state index is 11.9. The van der Waals surface area contributed by atoms with Crippen molar-refractivity contribution >= 4 is 23.6 Å². The number of aryl methyl sites for hydroxylation is 1. The van der Waals surface area contributed by atoms with Gasteiger partial charge in [-0.2, -0.15) is 5.10 Å². The van der Waals surface area contributed by atoms with Crippen LogP contribution in [-0.4, -0.2) is 32.9 Å². The average molecular weight is 342 g/mol. The number of nitrogens with zero attached hydrogens (tertiary/aromatic N) is 2. The molecule has 1 aromatic rings. The van der Waals surface area contributed by atoms with Gasteiger partial charge in [-0.05, 0) is 31.8 Å². The van der Waals surface area contributed by atoms with Crippen LogP contribution in [0.4, 0.5) is 0 Å². The maximum Gasteiger partial charge on any atom is 0.244 e. The Balaban J connectivity index is 2.74. The van der Waals surface area contributed by atoms with E-state index in [1.165, 1.54) is 6.08 Å². The van der Waals surface area contributed by atoms with E-state index in [1.807, 2.05) is 20.8 Å². The molecule has 1 amide bonds. The number of carbonyl (C=O) groups is 1. The van der Waals surface area contributed by atoms with Crippen molar-refractivity contribution in [2.24, 2.45) is 11.8 Å². The van der Waals surface area contributed by atoms with Crippen LogP contribution in [0.15, 0.2) is 6.08 Å². The third-order valence-electron chi connectivity index (χ3n) is 3.91. The molecule has 1 heterocycles. The van der Waals surface area contributed by atoms with E-state index in [0.717, 1.165) is 17.8 Å². The minimum absolute atomic E-state index is 0.0535. The van der Waals surface area contributed by atoms with Crippen molar-refractivity contribution in [1.82, 2.24) is 15.1 Å². The van der Waals surface area contributed by atoms with Gasteiger partial charge in [-0.1, -0.05) is 39.3 Å². The molecule has 0 aliphatic heterocycles. The summed E-state index contributed by atoms with van der Waals surface area (Å²) in [4.78, 5) is 11.9. The summed E-state index contributed by atoms with van der Waals surface area (Å²) in [6, 6.07) is 0. The third-order valence-corrected chi connectivity index (χ3v) is 4.31. The fraction of sp³-hybridized carbons (Fsp3) is 0.647. The van der Waals surface area contributed by atoms with Crippen LogP contribution in [0, 0.1) is 18.8 Å². The Morgan fingerprint density at radius 3 is 2.57 bits per heavy atom. The minimum Gasteiger partial charge on any atom is -0.388 e. The summed E-state index contributed by atoms with van der Waals surface area (Å²) in [5, 5.41) is 17.8. The first-order valence-electron chi connectivity index (χ1n) is 7.95. The second-order valence-corrected chi connectivity index (χ2v) is 7.29. The number of halogens is 1. The van der Waals surface area contributed by atoms with Crippen LogP contribution in [0.2, 0.25) is 5.15 Å². The fourth-order valence-electron chi connectivity index (χ4n) is 1.91. The quantitative estimate of drug-likeness (QED) is 0.749.